The van der Waals surface area contributed by atoms with Crippen molar-refractivity contribution in [2.45, 2.75) is 12.5 Å². The lowest BCUT2D eigenvalue weighted by molar-refractivity contribution is 0.0566. The van der Waals surface area contributed by atoms with Crippen LogP contribution in [0.15, 0.2) is 12.3 Å². The van der Waals surface area contributed by atoms with Crippen LogP contribution in [0.1, 0.15) is 6.42 Å². The highest BCUT2D eigenvalue weighted by atomic mass is 16.5. The minimum Gasteiger partial charge on any atom is -0.384 e. The molecular formula is C11H15N5O. The molecule has 2 heterocycles. The third kappa shape index (κ3) is 2.45. The van der Waals surface area contributed by atoms with Gasteiger partial charge in [-0.3, -0.25) is 0 Å². The van der Waals surface area contributed by atoms with Crippen molar-refractivity contribution in [2.24, 2.45) is 5.92 Å². The molecule has 1 aromatic rings. The van der Waals surface area contributed by atoms with Crippen molar-refractivity contribution in [1.82, 2.24) is 9.97 Å². The average Bonchev–Trinajstić information content (AvgIpc) is 2.38. The average molecular weight is 233 g/mol. The quantitative estimate of drug-likeness (QED) is 0.796. The van der Waals surface area contributed by atoms with Gasteiger partial charge in [-0.25, -0.2) is 4.98 Å². The highest BCUT2D eigenvalue weighted by Gasteiger charge is 2.30. The van der Waals surface area contributed by atoms with Crippen molar-refractivity contribution >= 4 is 11.8 Å². The Morgan fingerprint density at radius 1 is 1.65 bits per heavy atom. The largest absolute Gasteiger partial charge is 0.384 e. The molecule has 0 aliphatic carbocycles. The third-order valence-corrected chi connectivity index (χ3v) is 2.97. The number of ether oxygens (including phenoxy) is 1. The molecule has 90 valence electrons. The molecule has 6 nitrogen and oxygen atoms in total. The monoisotopic (exact) mass is 233 g/mol. The molecule has 0 bridgehead atoms. The number of methoxy groups -OCH3 is 1. The van der Waals surface area contributed by atoms with Gasteiger partial charge in [0.15, 0.2) is 0 Å². The Morgan fingerprint density at radius 3 is 3.12 bits per heavy atom. The zero-order valence-corrected chi connectivity index (χ0v) is 9.71. The lowest BCUT2D eigenvalue weighted by Gasteiger charge is -2.34. The first-order valence-corrected chi connectivity index (χ1v) is 5.50. The molecule has 1 aliphatic rings. The summed E-state index contributed by atoms with van der Waals surface area (Å²) in [5, 5.41) is 9.09. The lowest BCUT2D eigenvalue weighted by atomic mass is 9.96. The molecule has 1 aliphatic heterocycles. The molecule has 0 unspecified atom stereocenters. The smallest absolute Gasteiger partial charge is 0.227 e. The van der Waals surface area contributed by atoms with Gasteiger partial charge in [-0.05, 0) is 12.5 Å². The summed E-state index contributed by atoms with van der Waals surface area (Å²) in [5.74, 6) is 0.871. The van der Waals surface area contributed by atoms with Gasteiger partial charge >= 0.3 is 0 Å². The number of piperidine rings is 1. The van der Waals surface area contributed by atoms with E-state index in [1.54, 1.807) is 19.4 Å². The second kappa shape index (κ2) is 4.97. The highest BCUT2D eigenvalue weighted by Crippen LogP contribution is 2.22. The van der Waals surface area contributed by atoms with E-state index in [9.17, 15) is 0 Å². The Bertz CT molecular complexity index is 430. The number of nitrogen functional groups attached to an aromatic ring is 1. The molecular weight excluding hydrogens is 218 g/mol. The van der Waals surface area contributed by atoms with Gasteiger partial charge in [-0.15, -0.1) is 0 Å². The van der Waals surface area contributed by atoms with Crippen LogP contribution in [-0.4, -0.2) is 36.3 Å². The summed E-state index contributed by atoms with van der Waals surface area (Å²) in [7, 11) is 1.64. The van der Waals surface area contributed by atoms with Gasteiger partial charge in [0.1, 0.15) is 5.82 Å². The van der Waals surface area contributed by atoms with Gasteiger partial charge in [0, 0.05) is 26.4 Å². The summed E-state index contributed by atoms with van der Waals surface area (Å²) in [6.45, 7) is 1.36. The zero-order valence-electron chi connectivity index (χ0n) is 9.71. The standard InChI is InChI=1S/C11H15N5O/c1-17-9-3-5-16(7-8(9)6-12)11-14-4-2-10(13)15-11/h2,4,8-9H,3,5,7H2,1H3,(H2,13,14,15)/t8-,9-/m0/s1. The molecule has 0 saturated carbocycles. The van der Waals surface area contributed by atoms with E-state index in [1.807, 2.05) is 4.90 Å². The molecule has 0 amide bonds. The number of hydrogen-bond donors (Lipinski definition) is 1. The van der Waals surface area contributed by atoms with E-state index in [1.165, 1.54) is 0 Å². The van der Waals surface area contributed by atoms with Crippen molar-refractivity contribution in [3.8, 4) is 6.07 Å². The number of aromatic nitrogens is 2. The van der Waals surface area contributed by atoms with Crippen LogP contribution in [0.25, 0.3) is 0 Å². The summed E-state index contributed by atoms with van der Waals surface area (Å²) in [4.78, 5) is 10.3. The summed E-state index contributed by atoms with van der Waals surface area (Å²) < 4.78 is 5.29. The second-order valence-electron chi connectivity index (χ2n) is 4.03. The Kier molecular flexibility index (Phi) is 3.40. The van der Waals surface area contributed by atoms with E-state index < -0.39 is 0 Å². The van der Waals surface area contributed by atoms with Crippen LogP contribution in [0.5, 0.6) is 0 Å². The molecule has 1 fully saturated rings. The predicted molar refractivity (Wildman–Crippen MR) is 63.2 cm³/mol. The number of nitriles is 1. The van der Waals surface area contributed by atoms with E-state index in [4.69, 9.17) is 15.7 Å². The topological polar surface area (TPSA) is 88.1 Å². The van der Waals surface area contributed by atoms with Gasteiger partial charge in [0.25, 0.3) is 0 Å². The van der Waals surface area contributed by atoms with Crippen molar-refractivity contribution < 1.29 is 4.74 Å². The van der Waals surface area contributed by atoms with Gasteiger partial charge < -0.3 is 15.4 Å². The summed E-state index contributed by atoms with van der Waals surface area (Å²) >= 11 is 0. The molecule has 6 heteroatoms. The summed E-state index contributed by atoms with van der Waals surface area (Å²) in [6, 6.07) is 3.91. The van der Waals surface area contributed by atoms with Crippen molar-refractivity contribution in [2.75, 3.05) is 30.8 Å². The maximum absolute atomic E-state index is 9.09. The molecule has 0 radical (unpaired) electrons. The van der Waals surface area contributed by atoms with Gasteiger partial charge in [0.2, 0.25) is 5.95 Å². The van der Waals surface area contributed by atoms with Crippen LogP contribution in [0.2, 0.25) is 0 Å². The number of nitrogens with two attached hydrogens (primary N) is 1. The molecule has 1 aromatic heterocycles. The van der Waals surface area contributed by atoms with Crippen LogP contribution in [-0.2, 0) is 4.74 Å². The van der Waals surface area contributed by atoms with Crippen LogP contribution in [0.3, 0.4) is 0 Å². The van der Waals surface area contributed by atoms with Gasteiger partial charge in [-0.2, -0.15) is 10.2 Å². The molecule has 2 N–H and O–H groups in total. The SMILES string of the molecule is CO[C@H]1CCN(c2nccc(N)n2)C[C@@H]1C#N. The minimum absolute atomic E-state index is 0.00249. The van der Waals surface area contributed by atoms with Crippen LogP contribution < -0.4 is 10.6 Å². The fourth-order valence-corrected chi connectivity index (χ4v) is 2.03. The van der Waals surface area contributed by atoms with Crippen LogP contribution in [0, 0.1) is 17.2 Å². The number of rotatable bonds is 2. The van der Waals surface area contributed by atoms with E-state index in [0.717, 1.165) is 13.0 Å². The maximum Gasteiger partial charge on any atom is 0.227 e. The van der Waals surface area contributed by atoms with Crippen molar-refractivity contribution in [3.63, 3.8) is 0 Å². The van der Waals surface area contributed by atoms with E-state index in [2.05, 4.69) is 16.0 Å². The maximum atomic E-state index is 9.09. The third-order valence-electron chi connectivity index (χ3n) is 2.97. The van der Waals surface area contributed by atoms with Crippen molar-refractivity contribution in [3.05, 3.63) is 12.3 Å². The van der Waals surface area contributed by atoms with Crippen LogP contribution in [0.4, 0.5) is 11.8 Å². The molecule has 0 spiro atoms. The van der Waals surface area contributed by atoms with E-state index in [-0.39, 0.29) is 12.0 Å². The predicted octanol–water partition coefficient (Wildman–Crippen LogP) is 0.424. The molecule has 2 rings (SSSR count). The molecule has 0 aromatic carbocycles. The number of anilines is 2. The Balaban J connectivity index is 2.12. The van der Waals surface area contributed by atoms with E-state index in [0.29, 0.717) is 18.3 Å². The van der Waals surface area contributed by atoms with Gasteiger partial charge in [-0.1, -0.05) is 0 Å². The normalized spacial score (nSPS) is 24.4. The van der Waals surface area contributed by atoms with Gasteiger partial charge in [0.05, 0.1) is 18.1 Å². The van der Waals surface area contributed by atoms with Crippen LogP contribution >= 0.6 is 0 Å². The molecule has 2 atom stereocenters. The molecule has 1 saturated heterocycles. The Morgan fingerprint density at radius 2 is 2.47 bits per heavy atom. The fraction of sp³-hybridized carbons (Fsp3) is 0.545. The summed E-state index contributed by atoms with van der Waals surface area (Å²) in [5.41, 5.74) is 5.62. The number of hydrogen-bond acceptors (Lipinski definition) is 6. The molecule has 17 heavy (non-hydrogen) atoms. The first-order chi connectivity index (χ1) is 8.24. The zero-order chi connectivity index (χ0) is 12.3. The minimum atomic E-state index is -0.154. The first kappa shape index (κ1) is 11.6. The fourth-order valence-electron chi connectivity index (χ4n) is 2.03. The highest BCUT2D eigenvalue weighted by molar-refractivity contribution is 5.38. The van der Waals surface area contributed by atoms with Crippen molar-refractivity contribution in [1.29, 1.82) is 5.26 Å². The van der Waals surface area contributed by atoms with E-state index >= 15 is 0 Å². The Labute approximate surface area is 100 Å². The second-order valence-corrected chi connectivity index (χ2v) is 4.03. The lowest BCUT2D eigenvalue weighted by Crippen LogP contribution is -2.44. The Hall–Kier alpha value is -1.87. The first-order valence-electron chi connectivity index (χ1n) is 5.50. The summed E-state index contributed by atoms with van der Waals surface area (Å²) in [6.07, 6.45) is 2.42. The number of nitrogens with zero attached hydrogens (tertiary/aromatic N) is 4.